The number of benzene rings is 1. The number of carbonyl (C=O) groups excluding carboxylic acids is 1. The van der Waals surface area contributed by atoms with Crippen molar-refractivity contribution in [1.82, 2.24) is 14.9 Å². The van der Waals surface area contributed by atoms with Gasteiger partial charge < -0.3 is 25.0 Å². The number of methoxy groups -OCH3 is 2. The maximum atomic E-state index is 12.1. The summed E-state index contributed by atoms with van der Waals surface area (Å²) in [5.74, 6) is 3.24. The summed E-state index contributed by atoms with van der Waals surface area (Å²) in [6.45, 7) is 7.55. The molecule has 2 unspecified atom stereocenters. The van der Waals surface area contributed by atoms with Gasteiger partial charge in [0.1, 0.15) is 5.82 Å². The van der Waals surface area contributed by atoms with Gasteiger partial charge in [-0.1, -0.05) is 13.8 Å². The van der Waals surface area contributed by atoms with E-state index in [1.807, 2.05) is 12.1 Å². The zero-order valence-electron chi connectivity index (χ0n) is 18.0. The SMILES string of the molecule is COc1cc2nc(N3CCN(C4=CC(=O)CC(C)C4C)CC3)nc(N)c2cc1OC. The van der Waals surface area contributed by atoms with Crippen LogP contribution in [0.2, 0.25) is 0 Å². The number of ether oxygens (including phenoxy) is 2. The van der Waals surface area contributed by atoms with Crippen LogP contribution in [-0.4, -0.2) is 61.0 Å². The third-order valence-electron chi connectivity index (χ3n) is 6.30. The van der Waals surface area contributed by atoms with Crippen LogP contribution in [0.3, 0.4) is 0 Å². The number of nitrogens with zero attached hydrogens (tertiary/aromatic N) is 4. The Hall–Kier alpha value is -3.03. The molecule has 8 nitrogen and oxygen atoms in total. The van der Waals surface area contributed by atoms with Crippen LogP contribution in [0, 0.1) is 11.8 Å². The van der Waals surface area contributed by atoms with Crippen LogP contribution in [0.5, 0.6) is 11.5 Å². The minimum atomic E-state index is 0.230. The Morgan fingerprint density at radius 1 is 1.00 bits per heavy atom. The largest absolute Gasteiger partial charge is 0.493 e. The van der Waals surface area contributed by atoms with Gasteiger partial charge in [-0.3, -0.25) is 4.79 Å². The normalized spacial score (nSPS) is 22.3. The molecule has 1 saturated heterocycles. The molecular formula is C22H29N5O3. The summed E-state index contributed by atoms with van der Waals surface area (Å²) < 4.78 is 10.8. The first-order valence-electron chi connectivity index (χ1n) is 10.3. The van der Waals surface area contributed by atoms with Gasteiger partial charge in [-0.05, 0) is 17.9 Å². The number of rotatable bonds is 4. The van der Waals surface area contributed by atoms with Crippen LogP contribution in [-0.2, 0) is 4.79 Å². The van der Waals surface area contributed by atoms with Crippen LogP contribution >= 0.6 is 0 Å². The molecule has 160 valence electrons. The van der Waals surface area contributed by atoms with E-state index in [-0.39, 0.29) is 5.78 Å². The van der Waals surface area contributed by atoms with Crippen molar-refractivity contribution in [2.75, 3.05) is 51.0 Å². The number of piperazine rings is 1. The van der Waals surface area contributed by atoms with Crippen LogP contribution in [0.1, 0.15) is 20.3 Å². The van der Waals surface area contributed by atoms with Gasteiger partial charge >= 0.3 is 0 Å². The Kier molecular flexibility index (Phi) is 5.40. The molecule has 0 saturated carbocycles. The number of ketones is 1. The first-order chi connectivity index (χ1) is 14.4. The maximum absolute atomic E-state index is 12.1. The predicted molar refractivity (Wildman–Crippen MR) is 117 cm³/mol. The standard InChI is InChI=1S/C22H29N5O3/c1-13-9-15(28)10-18(14(13)2)26-5-7-27(8-6-26)22-24-17-12-20(30-4)19(29-3)11-16(17)21(23)25-22/h10-14H,5-9H2,1-4H3,(H2,23,24,25). The Bertz CT molecular complexity index is 998. The Labute approximate surface area is 176 Å². The molecule has 0 amide bonds. The molecule has 1 aromatic heterocycles. The lowest BCUT2D eigenvalue weighted by molar-refractivity contribution is -0.116. The minimum absolute atomic E-state index is 0.230. The molecule has 0 bridgehead atoms. The number of nitrogens with two attached hydrogens (primary N) is 1. The molecule has 1 aromatic carbocycles. The van der Waals surface area contributed by atoms with Crippen LogP contribution < -0.4 is 20.1 Å². The third-order valence-corrected chi connectivity index (χ3v) is 6.30. The van der Waals surface area contributed by atoms with Crippen molar-refractivity contribution < 1.29 is 14.3 Å². The molecule has 1 aliphatic heterocycles. The highest BCUT2D eigenvalue weighted by Gasteiger charge is 2.30. The van der Waals surface area contributed by atoms with Crippen LogP contribution in [0.25, 0.3) is 10.9 Å². The summed E-state index contributed by atoms with van der Waals surface area (Å²) >= 11 is 0. The average molecular weight is 412 g/mol. The number of hydrogen-bond acceptors (Lipinski definition) is 8. The predicted octanol–water partition coefficient (Wildman–Crippen LogP) is 2.48. The summed E-state index contributed by atoms with van der Waals surface area (Å²) in [5.41, 5.74) is 8.12. The number of nitrogen functional groups attached to an aromatic ring is 1. The van der Waals surface area contributed by atoms with Gasteiger partial charge in [-0.15, -0.1) is 0 Å². The van der Waals surface area contributed by atoms with E-state index in [1.54, 1.807) is 20.3 Å². The van der Waals surface area contributed by atoms with E-state index in [0.717, 1.165) is 42.8 Å². The van der Waals surface area contributed by atoms with Crippen molar-refractivity contribution in [3.63, 3.8) is 0 Å². The Morgan fingerprint density at radius 3 is 2.30 bits per heavy atom. The van der Waals surface area contributed by atoms with Crippen molar-refractivity contribution in [3.05, 3.63) is 23.9 Å². The van der Waals surface area contributed by atoms with Gasteiger partial charge in [0.2, 0.25) is 5.95 Å². The Balaban J connectivity index is 1.55. The van der Waals surface area contributed by atoms with Crippen molar-refractivity contribution in [1.29, 1.82) is 0 Å². The van der Waals surface area contributed by atoms with Gasteiger partial charge in [0.05, 0.1) is 19.7 Å². The molecule has 2 atom stereocenters. The lowest BCUT2D eigenvalue weighted by atomic mass is 9.83. The summed E-state index contributed by atoms with van der Waals surface area (Å²) in [4.78, 5) is 25.8. The van der Waals surface area contributed by atoms with Gasteiger partial charge in [0, 0.05) is 55.8 Å². The van der Waals surface area contributed by atoms with Crippen LogP contribution in [0.15, 0.2) is 23.9 Å². The number of allylic oxidation sites excluding steroid dienone is 2. The Morgan fingerprint density at radius 2 is 1.63 bits per heavy atom. The molecule has 2 aliphatic rings. The van der Waals surface area contributed by atoms with Crippen molar-refractivity contribution in [3.8, 4) is 11.5 Å². The number of fused-ring (bicyclic) bond motifs is 1. The van der Waals surface area contributed by atoms with Gasteiger partial charge in [0.15, 0.2) is 17.3 Å². The fourth-order valence-corrected chi connectivity index (χ4v) is 4.29. The molecule has 0 spiro atoms. The van der Waals surface area contributed by atoms with E-state index in [0.29, 0.717) is 41.5 Å². The smallest absolute Gasteiger partial charge is 0.228 e. The number of anilines is 2. The second-order valence-corrected chi connectivity index (χ2v) is 8.11. The average Bonchev–Trinajstić information content (AvgIpc) is 2.75. The first kappa shape index (κ1) is 20.3. The topological polar surface area (TPSA) is 93.8 Å². The van der Waals surface area contributed by atoms with E-state index in [1.165, 1.54) is 0 Å². The van der Waals surface area contributed by atoms with Crippen molar-refractivity contribution in [2.45, 2.75) is 20.3 Å². The minimum Gasteiger partial charge on any atom is -0.493 e. The fraction of sp³-hybridized carbons (Fsp3) is 0.500. The summed E-state index contributed by atoms with van der Waals surface area (Å²) in [7, 11) is 3.19. The zero-order valence-corrected chi connectivity index (χ0v) is 18.0. The fourth-order valence-electron chi connectivity index (χ4n) is 4.29. The van der Waals surface area contributed by atoms with E-state index in [2.05, 4.69) is 28.6 Å². The van der Waals surface area contributed by atoms with Gasteiger partial charge in [-0.2, -0.15) is 4.98 Å². The summed E-state index contributed by atoms with van der Waals surface area (Å²) in [6, 6.07) is 3.63. The van der Waals surface area contributed by atoms with E-state index >= 15 is 0 Å². The van der Waals surface area contributed by atoms with E-state index < -0.39 is 0 Å². The van der Waals surface area contributed by atoms with E-state index in [4.69, 9.17) is 20.2 Å². The number of aromatic nitrogens is 2. The number of hydrogen-bond donors (Lipinski definition) is 1. The lowest BCUT2D eigenvalue weighted by Gasteiger charge is -2.41. The van der Waals surface area contributed by atoms with Crippen molar-refractivity contribution >= 4 is 28.5 Å². The summed E-state index contributed by atoms with van der Waals surface area (Å²) in [5, 5.41) is 0.740. The molecule has 8 heteroatoms. The highest BCUT2D eigenvalue weighted by Crippen LogP contribution is 2.35. The summed E-state index contributed by atoms with van der Waals surface area (Å²) in [6.07, 6.45) is 2.48. The molecule has 0 radical (unpaired) electrons. The zero-order chi connectivity index (χ0) is 21.4. The van der Waals surface area contributed by atoms with Crippen LogP contribution in [0.4, 0.5) is 11.8 Å². The third kappa shape index (κ3) is 3.62. The highest BCUT2D eigenvalue weighted by molar-refractivity contribution is 5.92. The lowest BCUT2D eigenvalue weighted by Crippen LogP contribution is -2.48. The second-order valence-electron chi connectivity index (χ2n) is 8.11. The molecule has 2 N–H and O–H groups in total. The van der Waals surface area contributed by atoms with Gasteiger partial charge in [-0.25, -0.2) is 4.98 Å². The molecule has 2 heterocycles. The first-order valence-corrected chi connectivity index (χ1v) is 10.3. The molecule has 2 aromatic rings. The van der Waals surface area contributed by atoms with Gasteiger partial charge in [0.25, 0.3) is 0 Å². The van der Waals surface area contributed by atoms with E-state index in [9.17, 15) is 4.79 Å². The highest BCUT2D eigenvalue weighted by atomic mass is 16.5. The molecular weight excluding hydrogens is 382 g/mol. The molecule has 4 rings (SSSR count). The number of carbonyl (C=O) groups is 1. The molecule has 1 fully saturated rings. The second kappa shape index (κ2) is 8.01. The quantitative estimate of drug-likeness (QED) is 0.820. The monoisotopic (exact) mass is 411 g/mol. The molecule has 1 aliphatic carbocycles. The maximum Gasteiger partial charge on any atom is 0.228 e. The van der Waals surface area contributed by atoms with Crippen molar-refractivity contribution in [2.24, 2.45) is 11.8 Å². The molecule has 30 heavy (non-hydrogen) atoms.